The number of nitrogens with one attached hydrogen (secondary N) is 1. The molecule has 0 saturated heterocycles. The molecule has 0 saturated carbocycles. The summed E-state index contributed by atoms with van der Waals surface area (Å²) in [6.45, 7) is 0. The van der Waals surface area contributed by atoms with E-state index >= 15 is 0 Å². The maximum absolute atomic E-state index is 12.2. The maximum Gasteiger partial charge on any atom is 0.259 e. The minimum atomic E-state index is -0.242. The van der Waals surface area contributed by atoms with Crippen LogP contribution in [0.3, 0.4) is 0 Å². The zero-order valence-corrected chi connectivity index (χ0v) is 9.88. The van der Waals surface area contributed by atoms with Gasteiger partial charge in [0.2, 0.25) is 5.56 Å². The number of pyridine rings is 1. The average Bonchev–Trinajstić information content (AvgIpc) is 2.38. The SMILES string of the molecule is CN(C(=O)c1ccc(=O)[nH]c1)c1ccccc1N. The molecule has 5 nitrogen and oxygen atoms in total. The van der Waals surface area contributed by atoms with Crippen LogP contribution in [0, 0.1) is 0 Å². The van der Waals surface area contributed by atoms with E-state index in [9.17, 15) is 9.59 Å². The molecular weight excluding hydrogens is 230 g/mol. The number of rotatable bonds is 2. The molecule has 2 rings (SSSR count). The molecular formula is C13H13N3O2. The summed E-state index contributed by atoms with van der Waals surface area (Å²) >= 11 is 0. The number of benzene rings is 1. The van der Waals surface area contributed by atoms with Crippen molar-refractivity contribution < 1.29 is 4.79 Å². The topological polar surface area (TPSA) is 79.2 Å². The number of amides is 1. The van der Waals surface area contributed by atoms with Crippen molar-refractivity contribution in [3.8, 4) is 0 Å². The molecule has 0 radical (unpaired) electrons. The molecule has 5 heteroatoms. The van der Waals surface area contributed by atoms with Crippen LogP contribution >= 0.6 is 0 Å². The lowest BCUT2D eigenvalue weighted by molar-refractivity contribution is 0.0992. The first-order valence-electron chi connectivity index (χ1n) is 5.41. The van der Waals surface area contributed by atoms with Crippen molar-refractivity contribution in [2.24, 2.45) is 0 Å². The lowest BCUT2D eigenvalue weighted by atomic mass is 10.2. The maximum atomic E-state index is 12.2. The number of anilines is 2. The number of nitrogen functional groups attached to an aromatic ring is 1. The van der Waals surface area contributed by atoms with Gasteiger partial charge in [0.25, 0.3) is 5.91 Å². The van der Waals surface area contributed by atoms with E-state index in [2.05, 4.69) is 4.98 Å². The molecule has 2 aromatic rings. The molecule has 0 aliphatic heterocycles. The Bertz CT molecular complexity index is 614. The van der Waals surface area contributed by atoms with Crippen molar-refractivity contribution in [1.29, 1.82) is 0 Å². The van der Waals surface area contributed by atoms with Gasteiger partial charge in [-0.05, 0) is 18.2 Å². The molecule has 0 aliphatic rings. The second kappa shape index (κ2) is 4.75. The second-order valence-corrected chi connectivity index (χ2v) is 3.86. The predicted molar refractivity (Wildman–Crippen MR) is 70.7 cm³/mol. The minimum Gasteiger partial charge on any atom is -0.397 e. The Labute approximate surface area is 104 Å². The van der Waals surface area contributed by atoms with E-state index in [-0.39, 0.29) is 11.5 Å². The quantitative estimate of drug-likeness (QED) is 0.779. The number of hydrogen-bond donors (Lipinski definition) is 2. The molecule has 0 aliphatic carbocycles. The monoisotopic (exact) mass is 243 g/mol. The Morgan fingerprint density at radius 3 is 2.56 bits per heavy atom. The van der Waals surface area contributed by atoms with E-state index in [4.69, 9.17) is 5.73 Å². The molecule has 1 amide bonds. The third kappa shape index (κ3) is 2.24. The van der Waals surface area contributed by atoms with Gasteiger partial charge >= 0.3 is 0 Å². The van der Waals surface area contributed by atoms with Crippen LogP contribution in [0.4, 0.5) is 11.4 Å². The van der Waals surface area contributed by atoms with Crippen LogP contribution in [0.15, 0.2) is 47.4 Å². The smallest absolute Gasteiger partial charge is 0.259 e. The number of carbonyl (C=O) groups is 1. The van der Waals surface area contributed by atoms with E-state index in [1.165, 1.54) is 23.2 Å². The summed E-state index contributed by atoms with van der Waals surface area (Å²) in [6, 6.07) is 9.90. The van der Waals surface area contributed by atoms with Crippen LogP contribution in [-0.2, 0) is 0 Å². The third-order valence-electron chi connectivity index (χ3n) is 2.63. The Balaban J connectivity index is 2.32. The summed E-state index contributed by atoms with van der Waals surface area (Å²) < 4.78 is 0. The first-order chi connectivity index (χ1) is 8.59. The van der Waals surface area contributed by atoms with Gasteiger partial charge in [0.05, 0.1) is 16.9 Å². The predicted octanol–water partition coefficient (Wildman–Crippen LogP) is 1.23. The molecule has 1 heterocycles. The molecule has 1 aromatic carbocycles. The average molecular weight is 243 g/mol. The number of para-hydroxylation sites is 2. The number of hydrogen-bond acceptors (Lipinski definition) is 3. The minimum absolute atomic E-state index is 0.232. The Hall–Kier alpha value is -2.56. The fraction of sp³-hybridized carbons (Fsp3) is 0.0769. The Morgan fingerprint density at radius 2 is 1.94 bits per heavy atom. The number of H-pyrrole nitrogens is 1. The van der Waals surface area contributed by atoms with E-state index in [0.29, 0.717) is 16.9 Å². The first kappa shape index (κ1) is 11.9. The van der Waals surface area contributed by atoms with E-state index in [0.717, 1.165) is 0 Å². The van der Waals surface area contributed by atoms with Gasteiger partial charge in [0, 0.05) is 19.3 Å². The molecule has 0 fully saturated rings. The summed E-state index contributed by atoms with van der Waals surface area (Å²) in [5.41, 5.74) is 7.13. The van der Waals surface area contributed by atoms with Crippen molar-refractivity contribution in [2.75, 3.05) is 17.7 Å². The van der Waals surface area contributed by atoms with Crippen LogP contribution in [0.5, 0.6) is 0 Å². The van der Waals surface area contributed by atoms with Gasteiger partial charge in [-0.15, -0.1) is 0 Å². The lowest BCUT2D eigenvalue weighted by Crippen LogP contribution is -2.27. The van der Waals surface area contributed by atoms with Crippen LogP contribution in [0.1, 0.15) is 10.4 Å². The lowest BCUT2D eigenvalue weighted by Gasteiger charge is -2.18. The van der Waals surface area contributed by atoms with Gasteiger partial charge in [-0.1, -0.05) is 12.1 Å². The van der Waals surface area contributed by atoms with E-state index in [1.54, 1.807) is 25.2 Å². The summed E-state index contributed by atoms with van der Waals surface area (Å²) in [4.78, 5) is 27.0. The summed E-state index contributed by atoms with van der Waals surface area (Å²) in [6.07, 6.45) is 1.39. The van der Waals surface area contributed by atoms with Crippen molar-refractivity contribution in [3.63, 3.8) is 0 Å². The van der Waals surface area contributed by atoms with Gasteiger partial charge in [-0.2, -0.15) is 0 Å². The normalized spacial score (nSPS) is 10.1. The fourth-order valence-electron chi connectivity index (χ4n) is 1.64. The summed E-state index contributed by atoms with van der Waals surface area (Å²) in [7, 11) is 1.64. The Morgan fingerprint density at radius 1 is 1.22 bits per heavy atom. The van der Waals surface area contributed by atoms with Crippen molar-refractivity contribution in [3.05, 3.63) is 58.5 Å². The standard InChI is InChI=1S/C13H13N3O2/c1-16(11-5-3-2-4-10(11)14)13(18)9-6-7-12(17)15-8-9/h2-8H,14H2,1H3,(H,15,17). The van der Waals surface area contributed by atoms with Gasteiger partial charge < -0.3 is 15.6 Å². The van der Waals surface area contributed by atoms with Crippen LogP contribution in [0.25, 0.3) is 0 Å². The molecule has 1 aromatic heterocycles. The summed E-state index contributed by atoms with van der Waals surface area (Å²) in [5.74, 6) is -0.232. The number of aromatic amines is 1. The largest absolute Gasteiger partial charge is 0.397 e. The fourth-order valence-corrected chi connectivity index (χ4v) is 1.64. The number of nitrogens with zero attached hydrogens (tertiary/aromatic N) is 1. The second-order valence-electron chi connectivity index (χ2n) is 3.86. The molecule has 0 bridgehead atoms. The van der Waals surface area contributed by atoms with Crippen molar-refractivity contribution in [1.82, 2.24) is 4.98 Å². The summed E-state index contributed by atoms with van der Waals surface area (Å²) in [5, 5.41) is 0. The molecule has 0 atom stereocenters. The first-order valence-corrected chi connectivity index (χ1v) is 5.41. The molecule has 3 N–H and O–H groups in total. The van der Waals surface area contributed by atoms with E-state index in [1.807, 2.05) is 6.07 Å². The molecule has 0 spiro atoms. The third-order valence-corrected chi connectivity index (χ3v) is 2.63. The zero-order valence-electron chi connectivity index (χ0n) is 9.88. The van der Waals surface area contributed by atoms with Crippen molar-refractivity contribution >= 4 is 17.3 Å². The highest BCUT2D eigenvalue weighted by atomic mass is 16.2. The van der Waals surface area contributed by atoms with Gasteiger partial charge in [-0.25, -0.2) is 0 Å². The highest BCUT2D eigenvalue weighted by Crippen LogP contribution is 2.22. The number of carbonyl (C=O) groups excluding carboxylic acids is 1. The van der Waals surface area contributed by atoms with E-state index < -0.39 is 0 Å². The van der Waals surface area contributed by atoms with Crippen LogP contribution < -0.4 is 16.2 Å². The van der Waals surface area contributed by atoms with Gasteiger partial charge in [0.15, 0.2) is 0 Å². The van der Waals surface area contributed by atoms with Gasteiger partial charge in [-0.3, -0.25) is 9.59 Å². The number of nitrogens with two attached hydrogens (primary N) is 1. The van der Waals surface area contributed by atoms with Crippen molar-refractivity contribution in [2.45, 2.75) is 0 Å². The van der Waals surface area contributed by atoms with Crippen LogP contribution in [0.2, 0.25) is 0 Å². The zero-order chi connectivity index (χ0) is 13.1. The molecule has 0 unspecified atom stereocenters. The number of aromatic nitrogens is 1. The van der Waals surface area contributed by atoms with Crippen LogP contribution in [-0.4, -0.2) is 17.9 Å². The molecule has 18 heavy (non-hydrogen) atoms. The Kier molecular flexibility index (Phi) is 3.14. The van der Waals surface area contributed by atoms with Gasteiger partial charge in [0.1, 0.15) is 0 Å². The highest BCUT2D eigenvalue weighted by molar-refractivity contribution is 6.06. The highest BCUT2D eigenvalue weighted by Gasteiger charge is 2.15. The molecule has 92 valence electrons.